The summed E-state index contributed by atoms with van der Waals surface area (Å²) in [4.78, 5) is 27.3. The number of aromatic nitrogens is 6. The third-order valence-electron chi connectivity index (χ3n) is 5.06. The minimum absolute atomic E-state index is 0.0751. The summed E-state index contributed by atoms with van der Waals surface area (Å²) in [6.07, 6.45) is 8.97. The summed E-state index contributed by atoms with van der Waals surface area (Å²) in [6.45, 7) is 1.63. The normalized spacial score (nSPS) is 21.4. The molecule has 0 N–H and O–H groups in total. The molecule has 9 nitrogen and oxygen atoms in total. The van der Waals surface area contributed by atoms with E-state index in [1.54, 1.807) is 35.9 Å². The summed E-state index contributed by atoms with van der Waals surface area (Å²) in [7, 11) is 0. The molecule has 2 aliphatic heterocycles. The van der Waals surface area contributed by atoms with E-state index in [0.29, 0.717) is 31.1 Å². The lowest BCUT2D eigenvalue weighted by atomic mass is 9.99. The van der Waals surface area contributed by atoms with E-state index < -0.39 is 0 Å². The Labute approximate surface area is 155 Å². The van der Waals surface area contributed by atoms with Gasteiger partial charge in [0.05, 0.1) is 36.2 Å². The molecule has 5 rings (SSSR count). The van der Waals surface area contributed by atoms with Gasteiger partial charge < -0.3 is 9.64 Å². The molecule has 0 aliphatic carbocycles. The van der Waals surface area contributed by atoms with Crippen LogP contribution in [0.2, 0.25) is 0 Å². The Kier molecular flexibility index (Phi) is 3.86. The number of rotatable bonds is 2. The molecule has 0 saturated carbocycles. The smallest absolute Gasteiger partial charge is 0.257 e. The number of piperidine rings is 1. The first kappa shape index (κ1) is 16.0. The van der Waals surface area contributed by atoms with Gasteiger partial charge in [-0.25, -0.2) is 14.6 Å². The summed E-state index contributed by atoms with van der Waals surface area (Å²) in [5, 5.41) is 8.13. The van der Waals surface area contributed by atoms with Gasteiger partial charge in [-0.3, -0.25) is 9.78 Å². The highest BCUT2D eigenvalue weighted by atomic mass is 16.5. The zero-order valence-electron chi connectivity index (χ0n) is 14.5. The van der Waals surface area contributed by atoms with Crippen molar-refractivity contribution in [1.29, 1.82) is 0 Å². The molecule has 3 aromatic heterocycles. The Bertz CT molecular complexity index is 957. The average Bonchev–Trinajstić information content (AvgIpc) is 3.23. The molecule has 5 heterocycles. The molecule has 136 valence electrons. The molecule has 0 bridgehead atoms. The maximum atomic E-state index is 12.9. The van der Waals surface area contributed by atoms with Crippen molar-refractivity contribution in [3.05, 3.63) is 54.4 Å². The predicted molar refractivity (Wildman–Crippen MR) is 93.4 cm³/mol. The van der Waals surface area contributed by atoms with Gasteiger partial charge in [0.2, 0.25) is 0 Å². The van der Waals surface area contributed by atoms with Crippen molar-refractivity contribution >= 4 is 5.91 Å². The first-order valence-electron chi connectivity index (χ1n) is 8.82. The first-order valence-corrected chi connectivity index (χ1v) is 8.82. The van der Waals surface area contributed by atoms with Crippen LogP contribution < -0.4 is 0 Å². The van der Waals surface area contributed by atoms with Crippen molar-refractivity contribution in [2.24, 2.45) is 0 Å². The van der Waals surface area contributed by atoms with Crippen LogP contribution >= 0.6 is 0 Å². The van der Waals surface area contributed by atoms with Crippen molar-refractivity contribution in [1.82, 2.24) is 34.8 Å². The number of fused-ring (bicyclic) bond motifs is 3. The van der Waals surface area contributed by atoms with E-state index in [1.165, 1.54) is 0 Å². The van der Waals surface area contributed by atoms with E-state index in [-0.39, 0.29) is 18.1 Å². The second kappa shape index (κ2) is 6.51. The van der Waals surface area contributed by atoms with Crippen molar-refractivity contribution in [3.63, 3.8) is 0 Å². The maximum Gasteiger partial charge on any atom is 0.257 e. The molecule has 0 spiro atoms. The fourth-order valence-corrected chi connectivity index (χ4v) is 3.64. The Morgan fingerprint density at radius 1 is 1.15 bits per heavy atom. The SMILES string of the molecule is O=C(c1cnc(-c2ccncc2)nc1)N1CC[C@H]2[C@H](C1)OCc1cnnn12. The zero-order valence-corrected chi connectivity index (χ0v) is 14.5. The van der Waals surface area contributed by atoms with E-state index >= 15 is 0 Å². The van der Waals surface area contributed by atoms with Crippen LogP contribution in [0.15, 0.2) is 43.1 Å². The summed E-state index contributed by atoms with van der Waals surface area (Å²) in [5.41, 5.74) is 2.32. The molecule has 0 aromatic carbocycles. The van der Waals surface area contributed by atoms with Gasteiger partial charge >= 0.3 is 0 Å². The number of carbonyl (C=O) groups is 1. The quantitative estimate of drug-likeness (QED) is 0.672. The molecule has 27 heavy (non-hydrogen) atoms. The topological polar surface area (TPSA) is 98.9 Å². The fourth-order valence-electron chi connectivity index (χ4n) is 3.64. The van der Waals surface area contributed by atoms with E-state index in [2.05, 4.69) is 25.3 Å². The average molecular weight is 363 g/mol. The second-order valence-corrected chi connectivity index (χ2v) is 6.66. The van der Waals surface area contributed by atoms with E-state index in [4.69, 9.17) is 4.74 Å². The molecule has 0 unspecified atom stereocenters. The van der Waals surface area contributed by atoms with Crippen LogP contribution in [0.4, 0.5) is 0 Å². The summed E-state index contributed by atoms with van der Waals surface area (Å²) in [6, 6.07) is 3.80. The molecule has 2 atom stereocenters. The van der Waals surface area contributed by atoms with Crippen LogP contribution in [0.1, 0.15) is 28.5 Å². The van der Waals surface area contributed by atoms with Gasteiger partial charge in [-0.15, -0.1) is 5.10 Å². The van der Waals surface area contributed by atoms with Crippen molar-refractivity contribution in [2.75, 3.05) is 13.1 Å². The molecular weight excluding hydrogens is 346 g/mol. The molecule has 0 radical (unpaired) electrons. The molecule has 1 fully saturated rings. The molecule has 1 amide bonds. The Balaban J connectivity index is 1.31. The van der Waals surface area contributed by atoms with Crippen molar-refractivity contribution < 1.29 is 9.53 Å². The molecule has 9 heteroatoms. The summed E-state index contributed by atoms with van der Waals surface area (Å²) >= 11 is 0. The largest absolute Gasteiger partial charge is 0.368 e. The predicted octanol–water partition coefficient (Wildman–Crippen LogP) is 1.12. The summed E-state index contributed by atoms with van der Waals surface area (Å²) < 4.78 is 7.86. The third-order valence-corrected chi connectivity index (χ3v) is 5.06. The molecule has 1 saturated heterocycles. The van der Waals surface area contributed by atoms with Crippen LogP contribution in [-0.4, -0.2) is 59.9 Å². The van der Waals surface area contributed by atoms with Crippen molar-refractivity contribution in [3.8, 4) is 11.4 Å². The van der Waals surface area contributed by atoms with Crippen molar-refractivity contribution in [2.45, 2.75) is 25.2 Å². The number of likely N-dealkylation sites (tertiary alicyclic amines) is 1. The molecule has 3 aromatic rings. The fraction of sp³-hybridized carbons (Fsp3) is 0.333. The number of carbonyl (C=O) groups excluding carboxylic acids is 1. The molecular formula is C18H17N7O2. The minimum Gasteiger partial charge on any atom is -0.368 e. The van der Waals surface area contributed by atoms with Gasteiger partial charge in [0.25, 0.3) is 5.91 Å². The van der Waals surface area contributed by atoms with Crippen LogP contribution in [0.25, 0.3) is 11.4 Å². The number of pyridine rings is 1. The minimum atomic E-state index is -0.0808. The van der Waals surface area contributed by atoms with Gasteiger partial charge in [-0.05, 0) is 18.6 Å². The van der Waals surface area contributed by atoms with Crippen LogP contribution in [0, 0.1) is 0 Å². The number of nitrogens with zero attached hydrogens (tertiary/aromatic N) is 7. The van der Waals surface area contributed by atoms with E-state index in [9.17, 15) is 4.79 Å². The third kappa shape index (κ3) is 2.85. The number of ether oxygens (including phenoxy) is 1. The van der Waals surface area contributed by atoms with Crippen LogP contribution in [-0.2, 0) is 11.3 Å². The van der Waals surface area contributed by atoms with Crippen LogP contribution in [0.3, 0.4) is 0 Å². The zero-order chi connectivity index (χ0) is 18.2. The number of hydrogen-bond donors (Lipinski definition) is 0. The summed E-state index contributed by atoms with van der Waals surface area (Å²) in [5.74, 6) is 0.490. The van der Waals surface area contributed by atoms with Gasteiger partial charge in [-0.2, -0.15) is 0 Å². The Morgan fingerprint density at radius 2 is 1.96 bits per heavy atom. The van der Waals surface area contributed by atoms with E-state index in [0.717, 1.165) is 17.7 Å². The van der Waals surface area contributed by atoms with Gasteiger partial charge in [0.1, 0.15) is 0 Å². The highest BCUT2D eigenvalue weighted by molar-refractivity contribution is 5.93. The second-order valence-electron chi connectivity index (χ2n) is 6.66. The maximum absolute atomic E-state index is 12.9. The van der Waals surface area contributed by atoms with Gasteiger partial charge in [-0.1, -0.05) is 5.21 Å². The monoisotopic (exact) mass is 363 g/mol. The lowest BCUT2D eigenvalue weighted by molar-refractivity contribution is -0.0627. The highest BCUT2D eigenvalue weighted by Gasteiger charge is 2.38. The van der Waals surface area contributed by atoms with Gasteiger partial charge in [0.15, 0.2) is 5.82 Å². The van der Waals surface area contributed by atoms with E-state index in [1.807, 2.05) is 16.8 Å². The number of hydrogen-bond acceptors (Lipinski definition) is 7. The first-order chi connectivity index (χ1) is 13.3. The van der Waals surface area contributed by atoms with Gasteiger partial charge in [0, 0.05) is 43.4 Å². The number of amides is 1. The van der Waals surface area contributed by atoms with Crippen LogP contribution in [0.5, 0.6) is 0 Å². The Morgan fingerprint density at radius 3 is 2.78 bits per heavy atom. The standard InChI is InChI=1S/C18H17N7O2/c26-18(13-7-20-17(21-8-13)12-1-4-19-5-2-12)24-6-3-15-16(10-24)27-11-14-9-22-23-25(14)15/h1-2,4-5,7-9,15-16H,3,6,10-11H2/t15-,16-/m0/s1. The highest BCUT2D eigenvalue weighted by Crippen LogP contribution is 2.30. The lowest BCUT2D eigenvalue weighted by Gasteiger charge is -2.40. The lowest BCUT2D eigenvalue weighted by Crippen LogP contribution is -2.50. The Hall–Kier alpha value is -3.20. The molecule has 2 aliphatic rings.